The topological polar surface area (TPSA) is 135 Å². The highest BCUT2D eigenvalue weighted by molar-refractivity contribution is 5.85. The van der Waals surface area contributed by atoms with Crippen LogP contribution in [-0.2, 0) is 9.53 Å². The van der Waals surface area contributed by atoms with Crippen LogP contribution in [0.25, 0.3) is 10.9 Å². The Morgan fingerprint density at radius 3 is 2.64 bits per heavy atom. The number of aliphatic carboxylic acids is 1. The van der Waals surface area contributed by atoms with Gasteiger partial charge in [-0.05, 0) is 12.1 Å². The highest BCUT2D eigenvalue weighted by atomic mass is 16.7. The Morgan fingerprint density at radius 2 is 1.91 bits per heavy atom. The van der Waals surface area contributed by atoms with Gasteiger partial charge in [-0.25, -0.2) is 0 Å². The number of hydrogen-bond donors (Lipinski definition) is 4. The van der Waals surface area contributed by atoms with Gasteiger partial charge in [0, 0.05) is 17.1 Å². The van der Waals surface area contributed by atoms with E-state index in [1.165, 1.54) is 6.20 Å². The van der Waals surface area contributed by atoms with Crippen molar-refractivity contribution in [3.05, 3.63) is 30.5 Å². The lowest BCUT2D eigenvalue weighted by molar-refractivity contribution is -0.342. The minimum absolute atomic E-state index is 0.320. The molecule has 8 heteroatoms. The maximum Gasteiger partial charge on any atom is 0.229 e. The van der Waals surface area contributed by atoms with Crippen molar-refractivity contribution in [3.8, 4) is 5.75 Å². The fraction of sp³-hybridized carbons (Fsp3) is 0.357. The van der Waals surface area contributed by atoms with E-state index in [0.717, 1.165) is 5.52 Å². The van der Waals surface area contributed by atoms with Crippen LogP contribution in [0.5, 0.6) is 5.75 Å². The molecule has 0 unspecified atom stereocenters. The van der Waals surface area contributed by atoms with Gasteiger partial charge in [0.1, 0.15) is 30.2 Å². The molecule has 2 heterocycles. The molecule has 22 heavy (non-hydrogen) atoms. The second kappa shape index (κ2) is 5.58. The number of aliphatic hydroxyl groups is 3. The van der Waals surface area contributed by atoms with Gasteiger partial charge in [-0.15, -0.1) is 0 Å². The van der Waals surface area contributed by atoms with Gasteiger partial charge in [0.15, 0.2) is 0 Å². The summed E-state index contributed by atoms with van der Waals surface area (Å²) in [5.41, 5.74) is 0.778. The van der Waals surface area contributed by atoms with Gasteiger partial charge in [-0.1, -0.05) is 12.1 Å². The van der Waals surface area contributed by atoms with Crippen LogP contribution in [0.2, 0.25) is 0 Å². The molecule has 3 rings (SSSR count). The lowest BCUT2D eigenvalue weighted by Gasteiger charge is -2.40. The summed E-state index contributed by atoms with van der Waals surface area (Å²) in [4.78, 5) is 13.9. The molecule has 2 aromatic rings. The zero-order valence-corrected chi connectivity index (χ0v) is 11.2. The average Bonchev–Trinajstić information content (AvgIpc) is 2.91. The predicted molar refractivity (Wildman–Crippen MR) is 70.6 cm³/mol. The molecule has 1 aliphatic heterocycles. The van der Waals surface area contributed by atoms with Crippen molar-refractivity contribution in [3.63, 3.8) is 0 Å². The van der Waals surface area contributed by atoms with Crippen LogP contribution in [0.3, 0.4) is 0 Å². The van der Waals surface area contributed by atoms with Gasteiger partial charge in [0.25, 0.3) is 0 Å². The first-order valence-electron chi connectivity index (χ1n) is 6.62. The number of carboxylic acids is 1. The smallest absolute Gasteiger partial charge is 0.229 e. The largest absolute Gasteiger partial charge is 0.547 e. The SMILES string of the molecule is O=C([O-])[C@H]1O[C@@H](Oc2c[nH]c3ccccc23)[C@H](O)[C@@H](O)[C@@H]1O. The first-order valence-corrected chi connectivity index (χ1v) is 6.62. The molecular formula is C14H14NO7-. The number of para-hydroxylation sites is 1. The Morgan fingerprint density at radius 1 is 1.18 bits per heavy atom. The summed E-state index contributed by atoms with van der Waals surface area (Å²) in [6.07, 6.45) is -6.88. The summed E-state index contributed by atoms with van der Waals surface area (Å²) in [5, 5.41) is 40.8. The van der Waals surface area contributed by atoms with Crippen LogP contribution in [0.1, 0.15) is 0 Å². The fourth-order valence-electron chi connectivity index (χ4n) is 2.41. The number of carboxylic acid groups (broad SMARTS) is 1. The van der Waals surface area contributed by atoms with E-state index in [-0.39, 0.29) is 0 Å². The van der Waals surface area contributed by atoms with E-state index in [4.69, 9.17) is 9.47 Å². The van der Waals surface area contributed by atoms with Crippen molar-refractivity contribution in [1.29, 1.82) is 0 Å². The van der Waals surface area contributed by atoms with Crippen LogP contribution in [-0.4, -0.2) is 57.0 Å². The van der Waals surface area contributed by atoms with E-state index in [0.29, 0.717) is 11.1 Å². The van der Waals surface area contributed by atoms with Gasteiger partial charge in [0.05, 0.1) is 5.97 Å². The first kappa shape index (κ1) is 14.8. The molecule has 8 nitrogen and oxygen atoms in total. The molecular weight excluding hydrogens is 294 g/mol. The monoisotopic (exact) mass is 308 g/mol. The minimum atomic E-state index is -1.80. The summed E-state index contributed by atoms with van der Waals surface area (Å²) >= 11 is 0. The number of nitrogens with one attached hydrogen (secondary N) is 1. The minimum Gasteiger partial charge on any atom is -0.547 e. The van der Waals surface area contributed by atoms with Crippen LogP contribution in [0.15, 0.2) is 30.5 Å². The molecule has 0 radical (unpaired) electrons. The van der Waals surface area contributed by atoms with E-state index >= 15 is 0 Å². The van der Waals surface area contributed by atoms with Crippen molar-refractivity contribution >= 4 is 16.9 Å². The molecule has 118 valence electrons. The first-order chi connectivity index (χ1) is 10.5. The van der Waals surface area contributed by atoms with Crippen LogP contribution in [0.4, 0.5) is 0 Å². The molecule has 0 saturated carbocycles. The third kappa shape index (κ3) is 2.42. The van der Waals surface area contributed by atoms with Crippen molar-refractivity contribution in [2.75, 3.05) is 0 Å². The normalized spacial score (nSPS) is 32.0. The Labute approximate surface area is 124 Å². The average molecular weight is 308 g/mol. The number of aromatic nitrogens is 1. The highest BCUT2D eigenvalue weighted by Gasteiger charge is 2.45. The molecule has 0 bridgehead atoms. The maximum atomic E-state index is 10.9. The summed E-state index contributed by atoms with van der Waals surface area (Å²) < 4.78 is 10.5. The molecule has 0 aliphatic carbocycles. The van der Waals surface area contributed by atoms with Gasteiger partial charge in [-0.3, -0.25) is 0 Å². The van der Waals surface area contributed by atoms with Crippen molar-refractivity contribution in [1.82, 2.24) is 4.98 Å². The number of aromatic amines is 1. The standard InChI is InChI=1S/C14H15NO7/c16-9-10(17)12(13(19)20)22-14(11(9)18)21-8-5-15-7-4-2-1-3-6(7)8/h1-5,9-12,14-18H,(H,19,20)/p-1/t9-,10-,11+,12-,14+/m0/s1. The Hall–Kier alpha value is -2.13. The molecule has 1 saturated heterocycles. The molecule has 0 spiro atoms. The Kier molecular flexibility index (Phi) is 3.75. The van der Waals surface area contributed by atoms with E-state index in [1.807, 2.05) is 12.1 Å². The number of carbonyl (C=O) groups excluding carboxylic acids is 1. The Bertz CT molecular complexity index is 685. The summed E-state index contributed by atoms with van der Waals surface area (Å²) in [7, 11) is 0. The number of benzene rings is 1. The third-order valence-corrected chi connectivity index (χ3v) is 3.60. The molecule has 0 amide bonds. The van der Waals surface area contributed by atoms with Crippen molar-refractivity contribution in [2.45, 2.75) is 30.7 Å². The third-order valence-electron chi connectivity index (χ3n) is 3.60. The number of hydrogen-bond acceptors (Lipinski definition) is 7. The van der Waals surface area contributed by atoms with E-state index < -0.39 is 36.7 Å². The zero-order chi connectivity index (χ0) is 15.9. The molecule has 1 aliphatic rings. The van der Waals surface area contributed by atoms with E-state index in [9.17, 15) is 25.2 Å². The van der Waals surface area contributed by atoms with Gasteiger partial charge in [0.2, 0.25) is 6.29 Å². The van der Waals surface area contributed by atoms with Crippen LogP contribution < -0.4 is 9.84 Å². The van der Waals surface area contributed by atoms with E-state index in [2.05, 4.69) is 4.98 Å². The summed E-state index contributed by atoms with van der Waals surface area (Å²) in [6, 6.07) is 7.17. The van der Waals surface area contributed by atoms with Gasteiger partial charge >= 0.3 is 0 Å². The lowest BCUT2D eigenvalue weighted by atomic mass is 9.99. The molecule has 4 N–H and O–H groups in total. The second-order valence-electron chi connectivity index (χ2n) is 5.03. The van der Waals surface area contributed by atoms with Crippen LogP contribution >= 0.6 is 0 Å². The predicted octanol–water partition coefficient (Wildman–Crippen LogP) is -1.90. The number of rotatable bonds is 3. The lowest BCUT2D eigenvalue weighted by Crippen LogP contribution is -2.63. The number of aliphatic hydroxyl groups excluding tert-OH is 3. The molecule has 5 atom stereocenters. The number of H-pyrrole nitrogens is 1. The summed E-state index contributed by atoms with van der Waals surface area (Å²) in [5.74, 6) is -1.38. The van der Waals surface area contributed by atoms with Gasteiger partial charge < -0.3 is 39.7 Å². The van der Waals surface area contributed by atoms with Crippen LogP contribution in [0, 0.1) is 0 Å². The molecule has 1 aromatic heterocycles. The zero-order valence-electron chi connectivity index (χ0n) is 11.2. The van der Waals surface area contributed by atoms with Crippen molar-refractivity contribution < 1.29 is 34.7 Å². The summed E-state index contributed by atoms with van der Waals surface area (Å²) in [6.45, 7) is 0. The second-order valence-corrected chi connectivity index (χ2v) is 5.03. The maximum absolute atomic E-state index is 10.9. The number of carbonyl (C=O) groups is 1. The van der Waals surface area contributed by atoms with Gasteiger partial charge in [-0.2, -0.15) is 0 Å². The highest BCUT2D eigenvalue weighted by Crippen LogP contribution is 2.29. The number of ether oxygens (including phenoxy) is 2. The molecule has 1 aromatic carbocycles. The van der Waals surface area contributed by atoms with Crippen molar-refractivity contribution in [2.24, 2.45) is 0 Å². The fourth-order valence-corrected chi connectivity index (χ4v) is 2.41. The quantitative estimate of drug-likeness (QED) is 0.520. The van der Waals surface area contributed by atoms with E-state index in [1.54, 1.807) is 12.1 Å². The number of fused-ring (bicyclic) bond motifs is 1. The molecule has 1 fully saturated rings. The Balaban J connectivity index is 1.85.